The van der Waals surface area contributed by atoms with Gasteiger partial charge in [-0.15, -0.1) is 0 Å². The minimum Gasteiger partial charge on any atom is -0.507 e. The van der Waals surface area contributed by atoms with Crippen molar-refractivity contribution in [1.82, 2.24) is 20.4 Å². The molecule has 0 aliphatic carbocycles. The third-order valence-electron chi connectivity index (χ3n) is 4.08. The molecule has 1 amide bonds. The van der Waals surface area contributed by atoms with Gasteiger partial charge in [0.25, 0.3) is 0 Å². The summed E-state index contributed by atoms with van der Waals surface area (Å²) < 4.78 is 6.93. The van der Waals surface area contributed by atoms with Gasteiger partial charge in [-0.25, -0.2) is 4.98 Å². The van der Waals surface area contributed by atoms with Crippen LogP contribution in [0.15, 0.2) is 49.0 Å². The maximum atomic E-state index is 12.2. The van der Waals surface area contributed by atoms with Gasteiger partial charge in [0.15, 0.2) is 0 Å². The van der Waals surface area contributed by atoms with Gasteiger partial charge in [0.2, 0.25) is 5.91 Å². The molecule has 0 unspecified atom stereocenters. The Kier molecular flexibility index (Phi) is 4.79. The third kappa shape index (κ3) is 3.46. The minimum atomic E-state index is -0.266. The number of aryl methyl sites for hydroxylation is 1. The number of nitrogens with one attached hydrogen (secondary N) is 2. The van der Waals surface area contributed by atoms with E-state index >= 15 is 0 Å². The van der Waals surface area contributed by atoms with Gasteiger partial charge in [0.1, 0.15) is 17.3 Å². The number of amides is 1. The van der Waals surface area contributed by atoms with Crippen LogP contribution in [0.3, 0.4) is 0 Å². The van der Waals surface area contributed by atoms with E-state index in [1.165, 1.54) is 13.2 Å². The fourth-order valence-corrected chi connectivity index (χ4v) is 2.65. The number of imidazole rings is 1. The molecule has 134 valence electrons. The van der Waals surface area contributed by atoms with Crippen molar-refractivity contribution >= 4 is 22.6 Å². The highest BCUT2D eigenvalue weighted by Gasteiger charge is 2.12. The predicted octanol–water partition coefficient (Wildman–Crippen LogP) is 2.12. The van der Waals surface area contributed by atoms with E-state index in [9.17, 15) is 9.90 Å². The Bertz CT molecular complexity index is 978. The second kappa shape index (κ2) is 7.18. The van der Waals surface area contributed by atoms with Crippen LogP contribution < -0.4 is 15.6 Å². The molecule has 0 fully saturated rings. The normalized spacial score (nSPS) is 10.5. The summed E-state index contributed by atoms with van der Waals surface area (Å²) in [6.45, 7) is 3.83. The Morgan fingerprint density at radius 2 is 2.04 bits per heavy atom. The lowest BCUT2D eigenvalue weighted by Crippen LogP contribution is -2.37. The molecule has 2 aromatic carbocycles. The van der Waals surface area contributed by atoms with Crippen LogP contribution >= 0.6 is 0 Å². The number of rotatable bonds is 6. The smallest absolute Gasteiger partial charge is 0.245 e. The fraction of sp³-hybridized carbons (Fsp3) is 0.158. The molecule has 0 saturated carbocycles. The summed E-state index contributed by atoms with van der Waals surface area (Å²) in [4.78, 5) is 16.7. The molecule has 26 heavy (non-hydrogen) atoms. The number of hydrogen-bond acceptors (Lipinski definition) is 5. The van der Waals surface area contributed by atoms with Crippen molar-refractivity contribution in [2.24, 2.45) is 7.05 Å². The van der Waals surface area contributed by atoms with E-state index in [1.807, 2.05) is 35.9 Å². The van der Waals surface area contributed by atoms with E-state index in [1.54, 1.807) is 12.1 Å². The number of para-hydroxylation sites is 2. The number of phenolic OH excluding ortho intramolecular Hbond substituents is 1. The largest absolute Gasteiger partial charge is 0.507 e. The van der Waals surface area contributed by atoms with Crippen molar-refractivity contribution in [2.45, 2.75) is 6.42 Å². The van der Waals surface area contributed by atoms with E-state index in [2.05, 4.69) is 22.4 Å². The van der Waals surface area contributed by atoms with Gasteiger partial charge in [0.05, 0.1) is 30.3 Å². The number of hydrogen-bond donors (Lipinski definition) is 3. The van der Waals surface area contributed by atoms with Gasteiger partial charge >= 0.3 is 0 Å². The number of phenols is 1. The predicted molar refractivity (Wildman–Crippen MR) is 99.4 cm³/mol. The molecule has 0 radical (unpaired) electrons. The standard InChI is InChI=1S/C19H20N4O3/c1-12(14-9-8-13(26-3)10-17(14)24)21-22-19(25)11-18-20-15-6-4-5-7-16(15)23(18)2/h4-10,21,24H,1,11H2,2-3H3,(H,22,25). The van der Waals surface area contributed by atoms with E-state index in [0.29, 0.717) is 22.8 Å². The number of benzene rings is 2. The van der Waals surface area contributed by atoms with Gasteiger partial charge in [-0.05, 0) is 24.3 Å². The second-order valence-electron chi connectivity index (χ2n) is 5.79. The Labute approximate surface area is 150 Å². The summed E-state index contributed by atoms with van der Waals surface area (Å²) in [6.07, 6.45) is 0.111. The van der Waals surface area contributed by atoms with E-state index < -0.39 is 0 Å². The van der Waals surface area contributed by atoms with Crippen molar-refractivity contribution in [3.63, 3.8) is 0 Å². The summed E-state index contributed by atoms with van der Waals surface area (Å²) in [5.41, 5.74) is 7.94. The first-order valence-electron chi connectivity index (χ1n) is 8.01. The molecule has 1 aromatic heterocycles. The van der Waals surface area contributed by atoms with Crippen LogP contribution in [-0.2, 0) is 18.3 Å². The van der Waals surface area contributed by atoms with Crippen LogP contribution in [0.4, 0.5) is 0 Å². The molecule has 0 bridgehead atoms. The quantitative estimate of drug-likeness (QED) is 0.592. The number of nitrogens with zero attached hydrogens (tertiary/aromatic N) is 2. The maximum Gasteiger partial charge on any atom is 0.245 e. The van der Waals surface area contributed by atoms with Crippen LogP contribution in [0.2, 0.25) is 0 Å². The van der Waals surface area contributed by atoms with E-state index in [0.717, 1.165) is 11.0 Å². The summed E-state index contributed by atoms with van der Waals surface area (Å²) >= 11 is 0. The Hall–Kier alpha value is -3.48. The lowest BCUT2D eigenvalue weighted by Gasteiger charge is -2.13. The van der Waals surface area contributed by atoms with Crippen LogP contribution in [-0.4, -0.2) is 27.7 Å². The highest BCUT2D eigenvalue weighted by Crippen LogP contribution is 2.26. The van der Waals surface area contributed by atoms with Crippen LogP contribution in [0, 0.1) is 0 Å². The average Bonchev–Trinajstić information content (AvgIpc) is 2.95. The number of carbonyl (C=O) groups excluding carboxylic acids is 1. The van der Waals surface area contributed by atoms with Gasteiger partial charge in [-0.2, -0.15) is 0 Å². The molecule has 7 heteroatoms. The van der Waals surface area contributed by atoms with Crippen LogP contribution in [0.5, 0.6) is 11.5 Å². The molecule has 0 spiro atoms. The molecule has 3 N–H and O–H groups in total. The highest BCUT2D eigenvalue weighted by molar-refractivity contribution is 5.81. The van der Waals surface area contributed by atoms with Crippen LogP contribution in [0.1, 0.15) is 11.4 Å². The number of fused-ring (bicyclic) bond motifs is 1. The average molecular weight is 352 g/mol. The van der Waals surface area contributed by atoms with E-state index in [4.69, 9.17) is 4.74 Å². The molecule has 0 aliphatic rings. The molecule has 0 saturated heterocycles. The monoisotopic (exact) mass is 352 g/mol. The second-order valence-corrected chi connectivity index (χ2v) is 5.79. The molecule has 0 atom stereocenters. The SMILES string of the molecule is C=C(NNC(=O)Cc1nc2ccccc2n1C)c1ccc(OC)cc1O. The molecule has 3 aromatic rings. The number of ether oxygens (including phenoxy) is 1. The number of aromatic hydroxyl groups is 1. The van der Waals surface area contributed by atoms with Crippen molar-refractivity contribution in [3.8, 4) is 11.5 Å². The lowest BCUT2D eigenvalue weighted by atomic mass is 10.1. The van der Waals surface area contributed by atoms with Gasteiger partial charge in [-0.1, -0.05) is 18.7 Å². The molecular weight excluding hydrogens is 332 g/mol. The number of carbonyl (C=O) groups is 1. The number of hydrazine groups is 1. The van der Waals surface area contributed by atoms with Crippen molar-refractivity contribution in [2.75, 3.05) is 7.11 Å². The summed E-state index contributed by atoms with van der Waals surface area (Å²) in [5, 5.41) is 10.0. The Balaban J connectivity index is 1.63. The zero-order chi connectivity index (χ0) is 18.7. The first kappa shape index (κ1) is 17.3. The summed E-state index contributed by atoms with van der Waals surface area (Å²) in [6, 6.07) is 12.5. The summed E-state index contributed by atoms with van der Waals surface area (Å²) in [7, 11) is 3.39. The molecule has 0 aliphatic heterocycles. The van der Waals surface area contributed by atoms with Gasteiger partial charge < -0.3 is 14.4 Å². The zero-order valence-electron chi connectivity index (χ0n) is 14.6. The third-order valence-corrected chi connectivity index (χ3v) is 4.08. The van der Waals surface area contributed by atoms with Gasteiger partial charge in [-0.3, -0.25) is 15.6 Å². The topological polar surface area (TPSA) is 88.4 Å². The zero-order valence-corrected chi connectivity index (χ0v) is 14.6. The Morgan fingerprint density at radius 3 is 2.73 bits per heavy atom. The molecular formula is C19H20N4O3. The van der Waals surface area contributed by atoms with Crippen molar-refractivity contribution < 1.29 is 14.6 Å². The maximum absolute atomic E-state index is 12.2. The van der Waals surface area contributed by atoms with Gasteiger partial charge in [0, 0.05) is 18.7 Å². The number of aromatic nitrogens is 2. The van der Waals surface area contributed by atoms with Crippen LogP contribution in [0.25, 0.3) is 16.7 Å². The lowest BCUT2D eigenvalue weighted by molar-refractivity contribution is -0.121. The Morgan fingerprint density at radius 1 is 1.27 bits per heavy atom. The first-order chi connectivity index (χ1) is 12.5. The molecule has 7 nitrogen and oxygen atoms in total. The minimum absolute atomic E-state index is 0.00597. The fourth-order valence-electron chi connectivity index (χ4n) is 2.65. The molecule has 3 rings (SSSR count). The molecule has 1 heterocycles. The van der Waals surface area contributed by atoms with Crippen molar-refractivity contribution in [3.05, 3.63) is 60.4 Å². The first-order valence-corrected chi connectivity index (χ1v) is 8.01. The van der Waals surface area contributed by atoms with Crippen molar-refractivity contribution in [1.29, 1.82) is 0 Å². The van der Waals surface area contributed by atoms with E-state index in [-0.39, 0.29) is 18.1 Å². The summed E-state index contributed by atoms with van der Waals surface area (Å²) in [5.74, 6) is 0.928. The number of methoxy groups -OCH3 is 1. The highest BCUT2D eigenvalue weighted by atomic mass is 16.5.